The number of thioether (sulfide) groups is 1. The maximum absolute atomic E-state index is 14.4. The maximum Gasteiger partial charge on any atom is 0.534 e. The number of halogens is 3. The number of carboxylic acid groups (broad SMARTS) is 1. The minimum atomic E-state index is -6.03. The van der Waals surface area contributed by atoms with E-state index in [9.17, 15) is 45.9 Å². The minimum absolute atomic E-state index is 0.0257. The first-order valence-corrected chi connectivity index (χ1v) is 20.9. The van der Waals surface area contributed by atoms with E-state index >= 15 is 0 Å². The standard InChI is InChI=1S/C39H34F3N5O10S3/c1-37(2,3)56-36(52)45-35-43-27(22-59-35)28(46-57-38(24-13-7-4-8-14-24,25-15-9-5-10-16-25)26-17-11-6-12-18-26)31(48)44-29-32(49)47-30(34(50)51)23(21-58-33(29)47)19-20-55-60(53,54)39(40,41)42/h4-20,22,29,33H,21H2,1-3H3,(H,44,48)(H,50,51)(H,43,45,52)/b20-19+,46-28?. The molecular formula is C39H34F3N5O10S3. The van der Waals surface area contributed by atoms with E-state index in [0.717, 1.165) is 28.0 Å². The second kappa shape index (κ2) is 17.2. The molecule has 4 aromatic rings. The van der Waals surface area contributed by atoms with Gasteiger partial charge in [0.05, 0.1) is 0 Å². The quantitative estimate of drug-likeness (QED) is 0.0257. The molecule has 314 valence electrons. The molecule has 1 aromatic heterocycles. The van der Waals surface area contributed by atoms with Crippen molar-refractivity contribution in [3.8, 4) is 0 Å². The zero-order chi connectivity index (χ0) is 43.5. The number of nitrogens with one attached hydrogen (secondary N) is 2. The van der Waals surface area contributed by atoms with Gasteiger partial charge in [0, 0.05) is 27.8 Å². The Morgan fingerprint density at radius 3 is 1.98 bits per heavy atom. The number of alkyl halides is 3. The smallest absolute Gasteiger partial charge is 0.477 e. The number of hydrogen-bond donors (Lipinski definition) is 3. The van der Waals surface area contributed by atoms with E-state index in [-0.39, 0.29) is 28.4 Å². The lowest BCUT2D eigenvalue weighted by molar-refractivity contribution is -0.150. The van der Waals surface area contributed by atoms with E-state index in [1.165, 1.54) is 5.38 Å². The number of aromatic nitrogens is 1. The third-order valence-corrected chi connectivity index (χ3v) is 11.6. The lowest BCUT2D eigenvalue weighted by Gasteiger charge is -2.49. The highest BCUT2D eigenvalue weighted by molar-refractivity contribution is 8.00. The molecular weight excluding hydrogens is 852 g/mol. The van der Waals surface area contributed by atoms with Crippen molar-refractivity contribution in [1.29, 1.82) is 0 Å². The van der Waals surface area contributed by atoms with Crippen molar-refractivity contribution in [2.75, 3.05) is 11.1 Å². The summed E-state index contributed by atoms with van der Waals surface area (Å²) < 4.78 is 70.1. The molecule has 3 heterocycles. The number of carboxylic acids is 1. The second-order valence-corrected chi connectivity index (χ2v) is 17.3. The zero-order valence-electron chi connectivity index (χ0n) is 31.6. The highest BCUT2D eigenvalue weighted by Gasteiger charge is 2.54. The number of amides is 3. The van der Waals surface area contributed by atoms with Crippen molar-refractivity contribution < 1.29 is 59.6 Å². The van der Waals surface area contributed by atoms with Gasteiger partial charge in [-0.3, -0.25) is 19.8 Å². The monoisotopic (exact) mass is 885 g/mol. The second-order valence-electron chi connectivity index (χ2n) is 13.8. The van der Waals surface area contributed by atoms with Gasteiger partial charge >= 0.3 is 27.7 Å². The van der Waals surface area contributed by atoms with Crippen LogP contribution < -0.4 is 10.6 Å². The Kier molecular flexibility index (Phi) is 12.4. The number of ether oxygens (including phenoxy) is 1. The number of hydrogen-bond acceptors (Lipinski definition) is 13. The molecule has 21 heteroatoms. The highest BCUT2D eigenvalue weighted by atomic mass is 32.2. The SMILES string of the molecule is CC(C)(C)OC(=O)Nc1nc(C(=NOC(c2ccccc2)(c2ccccc2)c2ccccc2)C(=O)NC2C(=O)N3C(C(=O)O)=C(/C=C/OS(=O)(=O)C(F)(F)F)CSC23)cs1. The van der Waals surface area contributed by atoms with E-state index in [0.29, 0.717) is 22.8 Å². The van der Waals surface area contributed by atoms with Crippen molar-refractivity contribution >= 4 is 67.9 Å². The van der Waals surface area contributed by atoms with Crippen LogP contribution in [0.4, 0.5) is 23.1 Å². The number of β-lactam (4-membered cyclic amide) rings is 1. The molecule has 15 nitrogen and oxygen atoms in total. The first-order chi connectivity index (χ1) is 28.3. The number of oxime groups is 1. The van der Waals surface area contributed by atoms with Crippen LogP contribution in [0, 0.1) is 0 Å². The fraction of sp³-hybridized carbons (Fsp3) is 0.231. The summed E-state index contributed by atoms with van der Waals surface area (Å²) in [6, 6.07) is 25.9. The van der Waals surface area contributed by atoms with E-state index < -0.39 is 73.5 Å². The molecule has 3 N–H and O–H groups in total. The number of carbonyl (C=O) groups excluding carboxylic acids is 3. The molecule has 2 aliphatic rings. The van der Waals surface area contributed by atoms with E-state index in [2.05, 4.69) is 25.0 Å². The van der Waals surface area contributed by atoms with Crippen LogP contribution in [-0.4, -0.2) is 81.3 Å². The molecule has 60 heavy (non-hydrogen) atoms. The summed E-state index contributed by atoms with van der Waals surface area (Å²) in [7, 11) is -6.03. The zero-order valence-corrected chi connectivity index (χ0v) is 34.0. The minimum Gasteiger partial charge on any atom is -0.477 e. The third-order valence-electron chi connectivity index (χ3n) is 8.61. The van der Waals surface area contributed by atoms with Crippen LogP contribution in [0.1, 0.15) is 43.2 Å². The summed E-state index contributed by atoms with van der Waals surface area (Å²) in [5, 5.41) is 19.9. The van der Waals surface area contributed by atoms with Crippen molar-refractivity contribution in [2.45, 2.75) is 48.9 Å². The Hall–Kier alpha value is -6.19. The number of rotatable bonds is 13. The Bertz CT molecular complexity index is 2380. The normalized spacial score (nSPS) is 17.4. The van der Waals surface area contributed by atoms with Crippen LogP contribution in [0.2, 0.25) is 0 Å². The van der Waals surface area contributed by atoms with Crippen molar-refractivity contribution in [2.24, 2.45) is 5.16 Å². The number of benzene rings is 3. The van der Waals surface area contributed by atoms with Crippen molar-refractivity contribution in [1.82, 2.24) is 15.2 Å². The number of fused-ring (bicyclic) bond motifs is 1. The molecule has 2 aliphatic heterocycles. The maximum atomic E-state index is 14.4. The molecule has 0 spiro atoms. The van der Waals surface area contributed by atoms with Gasteiger partial charge in [0.1, 0.15) is 34.7 Å². The molecule has 2 atom stereocenters. The lowest BCUT2D eigenvalue weighted by Crippen LogP contribution is -2.71. The van der Waals surface area contributed by atoms with Crippen LogP contribution in [0.25, 0.3) is 0 Å². The topological polar surface area (TPSA) is 203 Å². The van der Waals surface area contributed by atoms with Crippen LogP contribution in [-0.2, 0) is 43.9 Å². The molecule has 2 unspecified atom stereocenters. The summed E-state index contributed by atoms with van der Waals surface area (Å²) in [6.45, 7) is 5.01. The van der Waals surface area contributed by atoms with E-state index in [4.69, 9.17) is 9.57 Å². The summed E-state index contributed by atoms with van der Waals surface area (Å²) >= 11 is 1.87. The Labute approximate surface area is 349 Å². The van der Waals surface area contributed by atoms with Gasteiger partial charge in [-0.25, -0.2) is 14.6 Å². The van der Waals surface area contributed by atoms with Crippen molar-refractivity contribution in [3.05, 3.63) is 142 Å². The Balaban J connectivity index is 1.36. The van der Waals surface area contributed by atoms with Gasteiger partial charge in [0.25, 0.3) is 11.8 Å². The molecule has 1 saturated heterocycles. The first kappa shape index (κ1) is 43.4. The van der Waals surface area contributed by atoms with E-state index in [1.807, 2.05) is 54.6 Å². The summed E-state index contributed by atoms with van der Waals surface area (Å²) in [4.78, 5) is 64.6. The third kappa shape index (κ3) is 9.16. The molecule has 0 aliphatic carbocycles. The number of aliphatic carboxylic acids is 1. The number of anilines is 1. The van der Waals surface area contributed by atoms with Gasteiger partial charge in [-0.05, 0) is 32.4 Å². The molecule has 0 radical (unpaired) electrons. The van der Waals surface area contributed by atoms with Gasteiger partial charge in [-0.15, -0.1) is 23.1 Å². The highest BCUT2D eigenvalue weighted by Crippen LogP contribution is 2.42. The van der Waals surface area contributed by atoms with E-state index in [1.54, 1.807) is 57.2 Å². The molecule has 1 fully saturated rings. The van der Waals surface area contributed by atoms with Crippen molar-refractivity contribution in [3.63, 3.8) is 0 Å². The fourth-order valence-corrected chi connectivity index (χ4v) is 8.35. The van der Waals surface area contributed by atoms with Gasteiger partial charge in [-0.2, -0.15) is 21.6 Å². The fourth-order valence-electron chi connectivity index (χ4n) is 6.04. The summed E-state index contributed by atoms with van der Waals surface area (Å²) in [5.41, 5.74) is -7.60. The van der Waals surface area contributed by atoms with Gasteiger partial charge in [0.2, 0.25) is 5.60 Å². The van der Waals surface area contributed by atoms with Crippen LogP contribution in [0.5, 0.6) is 0 Å². The largest absolute Gasteiger partial charge is 0.534 e. The summed E-state index contributed by atoms with van der Waals surface area (Å²) in [5.74, 6) is -3.79. The number of allylic oxidation sites excluding steroid dienone is 1. The molecule has 0 saturated carbocycles. The Morgan fingerprint density at radius 1 is 0.933 bits per heavy atom. The number of nitrogens with zero attached hydrogens (tertiary/aromatic N) is 3. The molecule has 0 bridgehead atoms. The molecule has 3 aromatic carbocycles. The predicted molar refractivity (Wildman–Crippen MR) is 214 cm³/mol. The average molecular weight is 886 g/mol. The van der Waals surface area contributed by atoms with Crippen LogP contribution in [0.15, 0.2) is 125 Å². The van der Waals surface area contributed by atoms with Crippen LogP contribution in [0.3, 0.4) is 0 Å². The number of carbonyl (C=O) groups is 4. The average Bonchev–Trinajstić information content (AvgIpc) is 3.65. The van der Waals surface area contributed by atoms with Crippen LogP contribution >= 0.6 is 23.1 Å². The molecule has 3 amide bonds. The summed E-state index contributed by atoms with van der Waals surface area (Å²) in [6.07, 6.45) is 0.0354. The van der Waals surface area contributed by atoms with Gasteiger partial charge < -0.3 is 24.2 Å². The number of thiazole rings is 1. The predicted octanol–water partition coefficient (Wildman–Crippen LogP) is 6.32. The molecule has 6 rings (SSSR count). The van der Waals surface area contributed by atoms with Gasteiger partial charge in [0.15, 0.2) is 10.8 Å². The first-order valence-electron chi connectivity index (χ1n) is 17.6. The lowest BCUT2D eigenvalue weighted by atomic mass is 9.80. The van der Waals surface area contributed by atoms with Gasteiger partial charge in [-0.1, -0.05) is 96.2 Å². The Morgan fingerprint density at radius 2 is 1.48 bits per heavy atom.